The summed E-state index contributed by atoms with van der Waals surface area (Å²) >= 11 is 0. The van der Waals surface area contributed by atoms with Crippen LogP contribution in [0, 0.1) is 12.7 Å². The van der Waals surface area contributed by atoms with E-state index in [1.165, 1.54) is 25.0 Å². The maximum absolute atomic E-state index is 15.4. The van der Waals surface area contributed by atoms with E-state index in [0.29, 0.717) is 46.3 Å². The zero-order valence-corrected chi connectivity index (χ0v) is 29.0. The number of benzene rings is 2. The van der Waals surface area contributed by atoms with Gasteiger partial charge in [-0.2, -0.15) is 0 Å². The topological polar surface area (TPSA) is 105 Å². The molecule has 2 atom stereocenters. The normalized spacial score (nSPS) is 24.4. The van der Waals surface area contributed by atoms with Gasteiger partial charge in [0.25, 0.3) is 5.91 Å². The van der Waals surface area contributed by atoms with Crippen LogP contribution >= 0.6 is 0 Å². The summed E-state index contributed by atoms with van der Waals surface area (Å²) in [7, 11) is 1.55. The van der Waals surface area contributed by atoms with Gasteiger partial charge in [-0.15, -0.1) is 0 Å². The molecule has 1 aliphatic carbocycles. The Morgan fingerprint density at radius 3 is 2.47 bits per heavy atom. The molecule has 10 nitrogen and oxygen atoms in total. The Kier molecular flexibility index (Phi) is 7.56. The molecule has 3 fully saturated rings. The maximum atomic E-state index is 15.4. The van der Waals surface area contributed by atoms with Crippen LogP contribution in [-0.4, -0.2) is 75.7 Å². The molecule has 2 saturated heterocycles. The number of nitrogens with one attached hydrogen (secondary N) is 2. The lowest BCUT2D eigenvalue weighted by molar-refractivity contribution is -0.123. The molecule has 5 heterocycles. The van der Waals surface area contributed by atoms with Gasteiger partial charge in [0.1, 0.15) is 11.3 Å². The fourth-order valence-corrected chi connectivity index (χ4v) is 8.54. The van der Waals surface area contributed by atoms with E-state index in [4.69, 9.17) is 14.7 Å². The third-order valence-corrected chi connectivity index (χ3v) is 11.3. The zero-order valence-electron chi connectivity index (χ0n) is 29.0. The van der Waals surface area contributed by atoms with Crippen molar-refractivity contribution in [2.75, 3.05) is 30.5 Å². The van der Waals surface area contributed by atoms with Gasteiger partial charge in [-0.25, -0.2) is 14.4 Å². The van der Waals surface area contributed by atoms with Crippen LogP contribution < -0.4 is 15.5 Å². The van der Waals surface area contributed by atoms with Crippen LogP contribution in [0.3, 0.4) is 0 Å². The summed E-state index contributed by atoms with van der Waals surface area (Å²) in [5.41, 5.74) is 5.31. The third kappa shape index (κ3) is 5.03. The van der Waals surface area contributed by atoms with Crippen LogP contribution in [0.2, 0.25) is 0 Å². The number of halogens is 1. The van der Waals surface area contributed by atoms with Gasteiger partial charge in [-0.3, -0.25) is 14.5 Å². The lowest BCUT2D eigenvalue weighted by atomic mass is 9.82. The van der Waals surface area contributed by atoms with E-state index in [1.54, 1.807) is 20.3 Å². The fraction of sp³-hybridized carbons (Fsp3) is 0.474. The van der Waals surface area contributed by atoms with Crippen molar-refractivity contribution >= 4 is 40.0 Å². The quantitative estimate of drug-likeness (QED) is 0.241. The first-order valence-corrected chi connectivity index (χ1v) is 17.5. The smallest absolute Gasteiger partial charge is 0.251 e. The van der Waals surface area contributed by atoms with E-state index in [0.717, 1.165) is 48.4 Å². The maximum Gasteiger partial charge on any atom is 0.251 e. The Morgan fingerprint density at radius 1 is 1.04 bits per heavy atom. The van der Waals surface area contributed by atoms with Gasteiger partial charge in [0.05, 0.1) is 41.9 Å². The Morgan fingerprint density at radius 2 is 1.78 bits per heavy atom. The number of hydrogen-bond acceptors (Lipinski definition) is 7. The molecule has 11 heteroatoms. The molecule has 4 aliphatic rings. The molecule has 2 N–H and O–H groups in total. The Hall–Kier alpha value is -4.35. The van der Waals surface area contributed by atoms with Crippen LogP contribution in [0.5, 0.6) is 0 Å². The number of aryl methyl sites for hydroxylation is 1. The molecule has 2 amide bonds. The molecule has 49 heavy (non-hydrogen) atoms. The number of aromatic nitrogens is 3. The van der Waals surface area contributed by atoms with Gasteiger partial charge >= 0.3 is 0 Å². The number of anilines is 3. The lowest BCUT2D eigenvalue weighted by Crippen LogP contribution is -2.61. The summed E-state index contributed by atoms with van der Waals surface area (Å²) in [6.07, 6.45) is 6.09. The zero-order chi connectivity index (χ0) is 34.4. The highest BCUT2D eigenvalue weighted by Gasteiger charge is 2.52. The summed E-state index contributed by atoms with van der Waals surface area (Å²) in [6.45, 7) is 11.5. The van der Waals surface area contributed by atoms with E-state index in [9.17, 15) is 9.59 Å². The van der Waals surface area contributed by atoms with Crippen LogP contribution in [0.15, 0.2) is 42.7 Å². The molecular weight excluding hydrogens is 621 g/mol. The highest BCUT2D eigenvalue weighted by atomic mass is 19.1. The molecule has 256 valence electrons. The van der Waals surface area contributed by atoms with E-state index < -0.39 is 11.2 Å². The predicted molar refractivity (Wildman–Crippen MR) is 188 cm³/mol. The van der Waals surface area contributed by atoms with Crippen molar-refractivity contribution in [1.29, 1.82) is 0 Å². The van der Waals surface area contributed by atoms with Gasteiger partial charge < -0.3 is 24.8 Å². The minimum atomic E-state index is -0.636. The van der Waals surface area contributed by atoms with Gasteiger partial charge in [-0.05, 0) is 95.7 Å². The van der Waals surface area contributed by atoms with Crippen molar-refractivity contribution in [3.8, 4) is 11.3 Å². The standard InChI is InChI=1S/C38H44FN7O3/c1-20(2)44-19-41-32-16-30(42-35(34(32)44)43-31-15-27(36(47)40-6)21(3)11-29(31)39)22-7-10-28-33(12-22)46(37(48)38(28,4)5)26-13-25(14-26)45-23-8-9-24(45)18-49-17-23/h7,10-12,15-16,19-20,23-26H,8-9,13-14,17-18H2,1-6H3,(H,40,47)(H,42,43). The first-order chi connectivity index (χ1) is 23.5. The van der Waals surface area contributed by atoms with Crippen molar-refractivity contribution in [3.63, 3.8) is 0 Å². The molecule has 8 rings (SSSR count). The van der Waals surface area contributed by atoms with E-state index >= 15 is 4.39 Å². The summed E-state index contributed by atoms with van der Waals surface area (Å²) in [5.74, 6) is -0.217. The summed E-state index contributed by atoms with van der Waals surface area (Å²) in [4.78, 5) is 41.1. The number of morpholine rings is 1. The van der Waals surface area contributed by atoms with Crippen molar-refractivity contribution in [2.24, 2.45) is 0 Å². The number of pyridine rings is 1. The van der Waals surface area contributed by atoms with Crippen molar-refractivity contribution in [3.05, 3.63) is 65.2 Å². The van der Waals surface area contributed by atoms with Crippen LogP contribution in [0.1, 0.15) is 80.9 Å². The number of nitrogens with zero attached hydrogens (tertiary/aromatic N) is 5. The fourth-order valence-electron chi connectivity index (χ4n) is 8.54. The second-order valence-corrected chi connectivity index (χ2v) is 15.0. The Balaban J connectivity index is 1.16. The minimum Gasteiger partial charge on any atom is -0.378 e. The number of amides is 2. The number of carbonyl (C=O) groups excluding carboxylic acids is 2. The molecule has 2 aromatic carbocycles. The van der Waals surface area contributed by atoms with Crippen molar-refractivity contribution < 1.29 is 18.7 Å². The Bertz CT molecular complexity index is 1980. The molecule has 4 aromatic rings. The highest BCUT2D eigenvalue weighted by molar-refractivity contribution is 6.09. The number of fused-ring (bicyclic) bond motifs is 4. The molecular formula is C38H44FN7O3. The van der Waals surface area contributed by atoms with Gasteiger partial charge in [0.2, 0.25) is 5.91 Å². The molecule has 2 aromatic heterocycles. The van der Waals surface area contributed by atoms with Gasteiger partial charge in [0, 0.05) is 54.1 Å². The number of rotatable bonds is 7. The van der Waals surface area contributed by atoms with Crippen LogP contribution in [-0.2, 0) is 14.9 Å². The highest BCUT2D eigenvalue weighted by Crippen LogP contribution is 2.49. The SMILES string of the molecule is CNC(=O)c1cc(Nc2nc(-c3ccc4c(c3)N(C3CC(N5C6CCC5COC6)C3)C(=O)C4(C)C)cc3ncn(C(C)C)c23)c(F)cc1C. The minimum absolute atomic E-state index is 0.0725. The second-order valence-electron chi connectivity index (χ2n) is 15.0. The molecule has 1 saturated carbocycles. The van der Waals surface area contributed by atoms with Gasteiger partial charge in [0.15, 0.2) is 5.82 Å². The van der Waals surface area contributed by atoms with Crippen LogP contribution in [0.4, 0.5) is 21.6 Å². The van der Waals surface area contributed by atoms with E-state index in [2.05, 4.69) is 41.5 Å². The Labute approximate surface area is 286 Å². The molecule has 0 radical (unpaired) electrons. The first kappa shape index (κ1) is 31.9. The van der Waals surface area contributed by atoms with Crippen LogP contribution in [0.25, 0.3) is 22.3 Å². The van der Waals surface area contributed by atoms with Crippen molar-refractivity contribution in [1.82, 2.24) is 24.8 Å². The number of carbonyl (C=O) groups is 2. The van der Waals surface area contributed by atoms with Gasteiger partial charge in [-0.1, -0.05) is 12.1 Å². The largest absolute Gasteiger partial charge is 0.378 e. The van der Waals surface area contributed by atoms with Crippen molar-refractivity contribution in [2.45, 2.75) is 95.9 Å². The lowest BCUT2D eigenvalue weighted by Gasteiger charge is -2.50. The predicted octanol–water partition coefficient (Wildman–Crippen LogP) is 6.25. The molecule has 2 bridgehead atoms. The monoisotopic (exact) mass is 665 g/mol. The average molecular weight is 666 g/mol. The number of ether oxygens (including phenoxy) is 1. The first-order valence-electron chi connectivity index (χ1n) is 17.5. The molecule has 3 aliphatic heterocycles. The second kappa shape index (κ2) is 11.6. The van der Waals surface area contributed by atoms with E-state index in [1.807, 2.05) is 35.4 Å². The summed E-state index contributed by atoms with van der Waals surface area (Å²) in [5, 5.41) is 5.85. The summed E-state index contributed by atoms with van der Waals surface area (Å²) in [6, 6.07) is 12.7. The average Bonchev–Trinajstić information content (AvgIpc) is 3.65. The molecule has 0 spiro atoms. The molecule has 2 unspecified atom stereocenters. The van der Waals surface area contributed by atoms with E-state index in [-0.39, 0.29) is 29.6 Å². The number of hydrogen-bond donors (Lipinski definition) is 2. The third-order valence-electron chi connectivity index (χ3n) is 11.3. The summed E-state index contributed by atoms with van der Waals surface area (Å²) < 4.78 is 23.2. The number of imidazole rings is 1.